The number of carbonyl (C=O) groups excluding carboxylic acids is 11. The molecule has 0 spiro atoms. The van der Waals surface area contributed by atoms with E-state index < -0.39 is 156 Å². The van der Waals surface area contributed by atoms with E-state index in [4.69, 9.17) is 4.74 Å². The van der Waals surface area contributed by atoms with Gasteiger partial charge >= 0.3 is 0 Å². The van der Waals surface area contributed by atoms with Gasteiger partial charge < -0.3 is 65.4 Å². The van der Waals surface area contributed by atoms with Crippen LogP contribution in [0.1, 0.15) is 148 Å². The fourth-order valence-corrected chi connectivity index (χ4v) is 11.2. The number of hydrogen-bond donors (Lipinski definition) is 5. The Morgan fingerprint density at radius 2 is 0.900 bits per heavy atom. The summed E-state index contributed by atoms with van der Waals surface area (Å²) in [4.78, 5) is 169. The highest BCUT2D eigenvalue weighted by Crippen LogP contribution is 2.25. The zero-order chi connectivity index (χ0) is 69.1. The van der Waals surface area contributed by atoms with E-state index >= 15 is 14.4 Å². The van der Waals surface area contributed by atoms with Crippen molar-refractivity contribution in [1.82, 2.24) is 55.6 Å². The molecule has 1 aromatic rings. The second-order valence-electron chi connectivity index (χ2n) is 27.3. The van der Waals surface area contributed by atoms with Gasteiger partial charge in [-0.05, 0) is 87.0 Å². The Balaban J connectivity index is 2.97. The third-order valence-corrected chi connectivity index (χ3v) is 16.8. The summed E-state index contributed by atoms with van der Waals surface area (Å²) in [6, 6.07) is -3.27. The zero-order valence-corrected chi connectivity index (χ0v) is 58.4. The van der Waals surface area contributed by atoms with Crippen molar-refractivity contribution >= 4 is 65.0 Å². The molecular weight excluding hydrogens is 1150 g/mol. The second-order valence-corrected chi connectivity index (χ2v) is 27.3. The molecule has 90 heavy (non-hydrogen) atoms. The van der Waals surface area contributed by atoms with E-state index in [0.29, 0.717) is 0 Å². The van der Waals surface area contributed by atoms with Crippen LogP contribution in [0.4, 0.5) is 0 Å². The number of aliphatic hydroxyl groups excluding tert-OH is 1. The van der Waals surface area contributed by atoms with Crippen molar-refractivity contribution in [2.45, 2.75) is 216 Å². The number of aliphatic hydroxyl groups is 1. The predicted octanol–water partition coefficient (Wildman–Crippen LogP) is 3.52. The average molecular weight is 1270 g/mol. The highest BCUT2D eigenvalue weighted by atomic mass is 16.5. The first kappa shape index (κ1) is 79.4. The molecule has 1 heterocycles. The smallest absolute Gasteiger partial charge is 0.246 e. The predicted molar refractivity (Wildman–Crippen MR) is 345 cm³/mol. The summed E-state index contributed by atoms with van der Waals surface area (Å²) in [6.45, 7) is 27.5. The molecule has 12 atom stereocenters. The van der Waals surface area contributed by atoms with E-state index in [-0.39, 0.29) is 69.0 Å². The van der Waals surface area contributed by atoms with Gasteiger partial charge in [0.25, 0.3) is 0 Å². The molecule has 0 aliphatic carbocycles. The van der Waals surface area contributed by atoms with Crippen molar-refractivity contribution in [3.63, 3.8) is 0 Å². The van der Waals surface area contributed by atoms with Crippen molar-refractivity contribution < 1.29 is 62.6 Å². The van der Waals surface area contributed by atoms with Crippen LogP contribution < -0.4 is 21.3 Å². The Morgan fingerprint density at radius 3 is 1.38 bits per heavy atom. The standard InChI is InChI=1S/C66H113N11O13/c1-24-47-62(85)71(17)34-52(78)72(18)48(30-37(2)3)59(82)70-53(41(10)11)65(88)73(19)49(31-38(4)5)58(81)67-44(15)57(80)68-45(16)61(84)74(20)50(32-39(6)7)63(86)75(21)51(33-40(8)9)64(87)76(22)54(42(12)13)66(89)77(23)55(60(83)69-47)56(79)43(14)35-90-36-46-28-26-25-27-29-46/h25-29,37-45,47-51,53-56,79H,24,30-36H2,1-23H3,(H,67,81)(H,68,80)(H,69,83)(H,70,82)/t43-,44+,45-,47+,48+,49+,50+,51+,53+,54+,55+,56-/m1/s1. The Kier molecular flexibility index (Phi) is 32.1. The summed E-state index contributed by atoms with van der Waals surface area (Å²) < 4.78 is 6.01. The minimum absolute atomic E-state index is 0.00331. The van der Waals surface area contributed by atoms with E-state index in [0.717, 1.165) is 15.4 Å². The zero-order valence-electron chi connectivity index (χ0n) is 58.4. The number of ether oxygens (including phenoxy) is 1. The largest absolute Gasteiger partial charge is 0.390 e. The van der Waals surface area contributed by atoms with Gasteiger partial charge in [0.05, 0.1) is 25.9 Å². The first-order valence-electron chi connectivity index (χ1n) is 32.1. The molecule has 11 amide bonds. The Hall–Kier alpha value is -6.69. The van der Waals surface area contributed by atoms with Gasteiger partial charge in [-0.2, -0.15) is 0 Å². The van der Waals surface area contributed by atoms with Crippen molar-refractivity contribution in [3.8, 4) is 0 Å². The SMILES string of the molecule is CC[C@@H]1NC(=O)[C@H]([C@H](O)[C@H](C)COCc2ccccc2)N(C)C(=O)[C@H](C(C)C)N(C)C(=O)[C@H](CC(C)C)N(C)C(=O)[C@H](CC(C)C)N(C)C(=O)[C@@H](C)NC(=O)[C@H](C)NC(=O)[C@H](CC(C)C)N(C)C(=O)[C@H](C(C)C)NC(=O)[C@H](CC(C)C)N(C)C(=O)CN(C)C1=O. The van der Waals surface area contributed by atoms with Gasteiger partial charge in [-0.3, -0.25) is 52.7 Å². The molecule has 1 saturated heterocycles. The third-order valence-electron chi connectivity index (χ3n) is 16.8. The van der Waals surface area contributed by atoms with Gasteiger partial charge in [-0.1, -0.05) is 127 Å². The van der Waals surface area contributed by atoms with E-state index in [1.54, 1.807) is 41.5 Å². The Labute approximate surface area is 537 Å². The van der Waals surface area contributed by atoms with Crippen LogP contribution in [0.15, 0.2) is 30.3 Å². The Bertz CT molecular complexity index is 2580. The molecule has 0 unspecified atom stereocenters. The summed E-state index contributed by atoms with van der Waals surface area (Å²) in [6.07, 6.45) is -1.05. The van der Waals surface area contributed by atoms with Crippen LogP contribution in [-0.4, -0.2) is 233 Å². The quantitative estimate of drug-likeness (QED) is 0.150. The monoisotopic (exact) mass is 1270 g/mol. The molecule has 0 radical (unpaired) electrons. The molecule has 1 fully saturated rings. The number of amides is 11. The molecule has 1 aromatic carbocycles. The highest BCUT2D eigenvalue weighted by molar-refractivity contribution is 5.99. The molecule has 1 aliphatic rings. The molecular formula is C66H113N11O13. The van der Waals surface area contributed by atoms with Gasteiger partial charge in [-0.15, -0.1) is 0 Å². The topological polar surface area (TPSA) is 288 Å². The molecule has 0 saturated carbocycles. The van der Waals surface area contributed by atoms with E-state index in [1.807, 2.05) is 85.7 Å². The minimum atomic E-state index is -1.69. The number of benzene rings is 1. The summed E-state index contributed by atoms with van der Waals surface area (Å²) >= 11 is 0. The van der Waals surface area contributed by atoms with Crippen molar-refractivity contribution in [3.05, 3.63) is 35.9 Å². The lowest BCUT2D eigenvalue weighted by Crippen LogP contribution is -2.63. The summed E-state index contributed by atoms with van der Waals surface area (Å²) in [5, 5.41) is 23.3. The lowest BCUT2D eigenvalue weighted by Gasteiger charge is -2.41. The molecule has 24 heteroatoms. The van der Waals surface area contributed by atoms with Crippen LogP contribution in [0.5, 0.6) is 0 Å². The van der Waals surface area contributed by atoms with Crippen LogP contribution in [0.25, 0.3) is 0 Å². The van der Waals surface area contributed by atoms with Gasteiger partial charge in [0.15, 0.2) is 0 Å². The van der Waals surface area contributed by atoms with Crippen molar-refractivity contribution in [2.75, 3.05) is 62.5 Å². The Morgan fingerprint density at radius 1 is 0.467 bits per heavy atom. The van der Waals surface area contributed by atoms with Crippen LogP contribution >= 0.6 is 0 Å². The van der Waals surface area contributed by atoms with Crippen molar-refractivity contribution in [1.29, 1.82) is 0 Å². The van der Waals surface area contributed by atoms with Crippen LogP contribution in [0.2, 0.25) is 0 Å². The van der Waals surface area contributed by atoms with Crippen LogP contribution in [-0.2, 0) is 64.1 Å². The summed E-state index contributed by atoms with van der Waals surface area (Å²) in [7, 11) is 9.87. The fourth-order valence-electron chi connectivity index (χ4n) is 11.2. The van der Waals surface area contributed by atoms with E-state index in [1.165, 1.54) is 87.7 Å². The van der Waals surface area contributed by atoms with E-state index in [9.17, 15) is 43.5 Å². The molecule has 2 rings (SSSR count). The van der Waals surface area contributed by atoms with Crippen LogP contribution in [0.3, 0.4) is 0 Å². The second kappa shape index (κ2) is 36.4. The maximum absolute atomic E-state index is 15.3. The highest BCUT2D eigenvalue weighted by Gasteiger charge is 2.46. The van der Waals surface area contributed by atoms with Crippen LogP contribution in [0, 0.1) is 41.4 Å². The van der Waals surface area contributed by atoms with Gasteiger partial charge in [-0.25, -0.2) is 0 Å². The van der Waals surface area contributed by atoms with E-state index in [2.05, 4.69) is 21.3 Å². The lowest BCUT2D eigenvalue weighted by molar-refractivity contribution is -0.158. The van der Waals surface area contributed by atoms with Gasteiger partial charge in [0.2, 0.25) is 65.0 Å². The average Bonchev–Trinajstić information content (AvgIpc) is 0.874. The summed E-state index contributed by atoms with van der Waals surface area (Å²) in [5.74, 6) is -10.2. The maximum atomic E-state index is 15.3. The fraction of sp³-hybridized carbons (Fsp3) is 0.742. The van der Waals surface area contributed by atoms with Gasteiger partial charge in [0, 0.05) is 55.3 Å². The first-order valence-corrected chi connectivity index (χ1v) is 32.1. The number of likely N-dealkylation sites (N-methyl/N-ethyl adjacent to an activating group) is 7. The molecule has 0 aromatic heterocycles. The molecule has 0 bridgehead atoms. The van der Waals surface area contributed by atoms with Crippen molar-refractivity contribution in [2.24, 2.45) is 41.4 Å². The lowest BCUT2D eigenvalue weighted by atomic mass is 9.93. The number of carbonyl (C=O) groups is 11. The number of rotatable bonds is 17. The normalized spacial score (nSPS) is 25.9. The number of hydrogen-bond acceptors (Lipinski definition) is 13. The minimum Gasteiger partial charge on any atom is -0.390 e. The number of nitrogens with zero attached hydrogens (tertiary/aromatic N) is 7. The molecule has 24 nitrogen and oxygen atoms in total. The third kappa shape index (κ3) is 22.3. The molecule has 510 valence electrons. The molecule has 5 N–H and O–H groups in total. The number of nitrogens with one attached hydrogen (secondary N) is 4. The summed E-state index contributed by atoms with van der Waals surface area (Å²) in [5.41, 5.74) is 0.854. The maximum Gasteiger partial charge on any atom is 0.246 e. The molecule has 1 aliphatic heterocycles. The van der Waals surface area contributed by atoms with Gasteiger partial charge in [0.1, 0.15) is 60.4 Å². The first-order chi connectivity index (χ1) is 41.7.